The fourth-order valence-electron chi connectivity index (χ4n) is 4.22. The topological polar surface area (TPSA) is 49.7 Å². The fraction of sp³-hybridized carbons (Fsp3) is 0.280. The van der Waals surface area contributed by atoms with E-state index in [0.717, 1.165) is 23.1 Å². The van der Waals surface area contributed by atoms with Crippen LogP contribution in [0, 0.1) is 5.92 Å². The third kappa shape index (κ3) is 3.49. The van der Waals surface area contributed by atoms with Gasteiger partial charge in [0.2, 0.25) is 0 Å². The van der Waals surface area contributed by atoms with Gasteiger partial charge in [-0.25, -0.2) is 0 Å². The maximum Gasteiger partial charge on any atom is 0.143 e. The summed E-state index contributed by atoms with van der Waals surface area (Å²) in [4.78, 5) is 0. The molecular weight excluding hydrogens is 348 g/mol. The van der Waals surface area contributed by atoms with E-state index >= 15 is 0 Å². The third-order valence-electron chi connectivity index (χ3n) is 5.77. The van der Waals surface area contributed by atoms with Crippen molar-refractivity contribution in [2.75, 3.05) is 6.61 Å². The second kappa shape index (κ2) is 8.27. The van der Waals surface area contributed by atoms with Crippen molar-refractivity contribution in [1.29, 1.82) is 0 Å². The zero-order valence-corrected chi connectivity index (χ0v) is 15.8. The van der Waals surface area contributed by atoms with Crippen LogP contribution in [-0.2, 0) is 10.3 Å². The summed E-state index contributed by atoms with van der Waals surface area (Å²) in [5.41, 5.74) is 2.35. The van der Waals surface area contributed by atoms with E-state index in [9.17, 15) is 10.2 Å². The SMILES string of the molecule is O[C@H]1[C@H](COC(c2ccccc2)(c2ccccc2)c2ccccc2)CC[C@H]1O. The molecule has 144 valence electrons. The van der Waals surface area contributed by atoms with Crippen LogP contribution >= 0.6 is 0 Å². The van der Waals surface area contributed by atoms with E-state index in [0.29, 0.717) is 13.0 Å². The molecular formula is C25H26O3. The summed E-state index contributed by atoms with van der Waals surface area (Å²) >= 11 is 0. The average molecular weight is 374 g/mol. The predicted octanol–water partition coefficient (Wildman–Crippen LogP) is 4.13. The van der Waals surface area contributed by atoms with Gasteiger partial charge in [0.25, 0.3) is 0 Å². The second-order valence-electron chi connectivity index (χ2n) is 7.49. The number of aliphatic hydroxyl groups excluding tert-OH is 2. The van der Waals surface area contributed by atoms with E-state index < -0.39 is 17.8 Å². The van der Waals surface area contributed by atoms with Gasteiger partial charge in [0.15, 0.2) is 0 Å². The highest BCUT2D eigenvalue weighted by molar-refractivity contribution is 5.47. The Kier molecular flexibility index (Phi) is 5.58. The fourth-order valence-corrected chi connectivity index (χ4v) is 4.22. The Morgan fingerprint density at radius 1 is 0.679 bits per heavy atom. The van der Waals surface area contributed by atoms with Gasteiger partial charge in [-0.3, -0.25) is 0 Å². The molecule has 0 unspecified atom stereocenters. The zero-order chi connectivity index (χ0) is 19.4. The van der Waals surface area contributed by atoms with Crippen LogP contribution in [0.2, 0.25) is 0 Å². The Hall–Kier alpha value is -2.46. The first-order valence-corrected chi connectivity index (χ1v) is 9.88. The van der Waals surface area contributed by atoms with Crippen LogP contribution < -0.4 is 0 Å². The number of rotatable bonds is 6. The van der Waals surface area contributed by atoms with Gasteiger partial charge in [-0.1, -0.05) is 91.0 Å². The van der Waals surface area contributed by atoms with Crippen molar-refractivity contribution in [1.82, 2.24) is 0 Å². The molecule has 0 saturated heterocycles. The predicted molar refractivity (Wildman–Crippen MR) is 110 cm³/mol. The molecule has 3 atom stereocenters. The van der Waals surface area contributed by atoms with E-state index in [1.807, 2.05) is 54.6 Å². The summed E-state index contributed by atoms with van der Waals surface area (Å²) in [5, 5.41) is 20.3. The maximum atomic E-state index is 10.3. The van der Waals surface area contributed by atoms with Crippen LogP contribution in [0.15, 0.2) is 91.0 Å². The van der Waals surface area contributed by atoms with E-state index in [1.54, 1.807) is 0 Å². The summed E-state index contributed by atoms with van der Waals surface area (Å²) in [7, 11) is 0. The first-order chi connectivity index (χ1) is 13.7. The number of ether oxygens (including phenoxy) is 1. The normalized spacial score (nSPS) is 22.3. The lowest BCUT2D eigenvalue weighted by molar-refractivity contribution is -0.0478. The van der Waals surface area contributed by atoms with Crippen LogP contribution in [-0.4, -0.2) is 29.0 Å². The number of benzene rings is 3. The molecule has 0 radical (unpaired) electrons. The Labute approximate surface area is 166 Å². The minimum atomic E-state index is -0.781. The van der Waals surface area contributed by atoms with Gasteiger partial charge in [-0.05, 0) is 29.5 Å². The molecule has 2 N–H and O–H groups in total. The first kappa shape index (κ1) is 18.9. The molecule has 0 aliphatic heterocycles. The monoisotopic (exact) mass is 374 g/mol. The van der Waals surface area contributed by atoms with E-state index in [-0.39, 0.29) is 5.92 Å². The molecule has 4 rings (SSSR count). The van der Waals surface area contributed by atoms with Crippen molar-refractivity contribution in [2.24, 2.45) is 5.92 Å². The molecule has 0 amide bonds. The molecule has 28 heavy (non-hydrogen) atoms. The third-order valence-corrected chi connectivity index (χ3v) is 5.77. The Morgan fingerprint density at radius 3 is 1.46 bits per heavy atom. The van der Waals surface area contributed by atoms with Gasteiger partial charge >= 0.3 is 0 Å². The smallest absolute Gasteiger partial charge is 0.143 e. The molecule has 1 aliphatic rings. The Bertz CT molecular complexity index is 767. The van der Waals surface area contributed by atoms with Crippen molar-refractivity contribution < 1.29 is 14.9 Å². The lowest BCUT2D eigenvalue weighted by Gasteiger charge is -2.37. The summed E-state index contributed by atoms with van der Waals surface area (Å²) in [6, 6.07) is 30.6. The number of aliphatic hydroxyl groups is 2. The van der Waals surface area contributed by atoms with Crippen LogP contribution in [0.1, 0.15) is 29.5 Å². The number of hydrogen-bond donors (Lipinski definition) is 2. The standard InChI is InChI=1S/C25H26O3/c26-23-17-16-19(24(23)27)18-28-25(20-10-4-1-5-11-20,21-12-6-2-7-13-21)22-14-8-3-9-15-22/h1-15,19,23-24,26-27H,16-18H2/t19-,23+,24-/m0/s1. The molecule has 0 aromatic heterocycles. The van der Waals surface area contributed by atoms with Crippen molar-refractivity contribution in [3.63, 3.8) is 0 Å². The lowest BCUT2D eigenvalue weighted by atomic mass is 9.80. The van der Waals surface area contributed by atoms with Crippen LogP contribution in [0.5, 0.6) is 0 Å². The van der Waals surface area contributed by atoms with Crippen molar-refractivity contribution in [2.45, 2.75) is 30.7 Å². The Morgan fingerprint density at radius 2 is 1.11 bits per heavy atom. The van der Waals surface area contributed by atoms with E-state index in [1.165, 1.54) is 0 Å². The maximum absolute atomic E-state index is 10.3. The first-order valence-electron chi connectivity index (χ1n) is 9.88. The molecule has 3 aromatic rings. The van der Waals surface area contributed by atoms with Gasteiger partial charge in [-0.2, -0.15) is 0 Å². The molecule has 0 heterocycles. The Balaban J connectivity index is 1.81. The summed E-state index contributed by atoms with van der Waals surface area (Å²) < 4.78 is 6.72. The molecule has 1 fully saturated rings. The summed E-state index contributed by atoms with van der Waals surface area (Å²) in [6.07, 6.45) is -0.0192. The molecule has 0 bridgehead atoms. The quantitative estimate of drug-likeness (QED) is 0.638. The molecule has 3 heteroatoms. The van der Waals surface area contributed by atoms with E-state index in [2.05, 4.69) is 36.4 Å². The largest absolute Gasteiger partial charge is 0.390 e. The van der Waals surface area contributed by atoms with Crippen molar-refractivity contribution in [3.05, 3.63) is 108 Å². The summed E-state index contributed by atoms with van der Waals surface area (Å²) in [6.45, 7) is 0.372. The minimum Gasteiger partial charge on any atom is -0.390 e. The van der Waals surface area contributed by atoms with Crippen LogP contribution in [0.25, 0.3) is 0 Å². The minimum absolute atomic E-state index is 0.0782. The van der Waals surface area contributed by atoms with Gasteiger partial charge < -0.3 is 14.9 Å². The lowest BCUT2D eigenvalue weighted by Crippen LogP contribution is -2.37. The molecule has 3 nitrogen and oxygen atoms in total. The van der Waals surface area contributed by atoms with E-state index in [4.69, 9.17) is 4.74 Å². The highest BCUT2D eigenvalue weighted by atomic mass is 16.5. The summed E-state index contributed by atoms with van der Waals surface area (Å²) in [5.74, 6) is -0.0782. The molecule has 1 aliphatic carbocycles. The van der Waals surface area contributed by atoms with Gasteiger partial charge in [0.1, 0.15) is 5.60 Å². The van der Waals surface area contributed by atoms with Gasteiger partial charge in [0.05, 0.1) is 18.8 Å². The molecule has 0 spiro atoms. The number of hydrogen-bond acceptors (Lipinski definition) is 3. The molecule has 1 saturated carbocycles. The zero-order valence-electron chi connectivity index (χ0n) is 15.8. The average Bonchev–Trinajstić information content (AvgIpc) is 3.09. The van der Waals surface area contributed by atoms with Crippen LogP contribution in [0.4, 0.5) is 0 Å². The highest BCUT2D eigenvalue weighted by Crippen LogP contribution is 2.41. The van der Waals surface area contributed by atoms with Gasteiger partial charge in [0, 0.05) is 5.92 Å². The highest BCUT2D eigenvalue weighted by Gasteiger charge is 2.40. The van der Waals surface area contributed by atoms with Crippen molar-refractivity contribution >= 4 is 0 Å². The van der Waals surface area contributed by atoms with Crippen LogP contribution in [0.3, 0.4) is 0 Å². The van der Waals surface area contributed by atoms with Gasteiger partial charge in [-0.15, -0.1) is 0 Å². The second-order valence-corrected chi connectivity index (χ2v) is 7.49. The molecule has 3 aromatic carbocycles. The van der Waals surface area contributed by atoms with Crippen molar-refractivity contribution in [3.8, 4) is 0 Å².